The molecule has 0 N–H and O–H groups in total. The van der Waals surface area contributed by atoms with Gasteiger partial charge >= 0.3 is 0 Å². The molecule has 1 aliphatic heterocycles. The zero-order valence-corrected chi connectivity index (χ0v) is 17.2. The standard InChI is InChI=1S/C22H24N2O3S/c1-4-13-24-21(25)20(28-22(24)23-17-9-7-6-8-10-17)15-16-11-12-18(26-3)19(14-16)27-5-2/h6-12,14-15H,4-5,13H2,1-3H3/b20-15-,23-22?. The van der Waals surface area contributed by atoms with E-state index in [1.165, 1.54) is 11.8 Å². The molecule has 0 bridgehead atoms. The lowest BCUT2D eigenvalue weighted by atomic mass is 10.2. The molecule has 6 heteroatoms. The number of amidine groups is 1. The fourth-order valence-electron chi connectivity index (χ4n) is 2.83. The number of hydrogen-bond donors (Lipinski definition) is 0. The Morgan fingerprint density at radius 3 is 2.57 bits per heavy atom. The lowest BCUT2D eigenvalue weighted by Gasteiger charge is -2.13. The minimum Gasteiger partial charge on any atom is -0.493 e. The van der Waals surface area contributed by atoms with Crippen LogP contribution < -0.4 is 9.47 Å². The number of carbonyl (C=O) groups is 1. The van der Waals surface area contributed by atoms with Crippen molar-refractivity contribution in [2.45, 2.75) is 20.3 Å². The van der Waals surface area contributed by atoms with Crippen LogP contribution in [0.5, 0.6) is 11.5 Å². The fraction of sp³-hybridized carbons (Fsp3) is 0.273. The predicted octanol–water partition coefficient (Wildman–Crippen LogP) is 5.11. The monoisotopic (exact) mass is 396 g/mol. The number of hydrogen-bond acceptors (Lipinski definition) is 5. The molecule has 0 unspecified atom stereocenters. The van der Waals surface area contributed by atoms with E-state index in [4.69, 9.17) is 9.47 Å². The number of amides is 1. The number of carbonyl (C=O) groups excluding carboxylic acids is 1. The molecule has 3 rings (SSSR count). The van der Waals surface area contributed by atoms with Gasteiger partial charge in [0.1, 0.15) is 0 Å². The number of aliphatic imine (C=N–C) groups is 1. The maximum Gasteiger partial charge on any atom is 0.266 e. The van der Waals surface area contributed by atoms with Crippen molar-refractivity contribution >= 4 is 34.6 Å². The SMILES string of the molecule is CCCN1C(=O)/C(=C/c2ccc(OC)c(OCC)c2)SC1=Nc1ccccc1. The Morgan fingerprint density at radius 2 is 1.89 bits per heavy atom. The van der Waals surface area contributed by atoms with Gasteiger partial charge in [0.15, 0.2) is 16.7 Å². The van der Waals surface area contributed by atoms with Gasteiger partial charge in [-0.3, -0.25) is 9.69 Å². The Hall–Kier alpha value is -2.73. The molecule has 1 saturated heterocycles. The van der Waals surface area contributed by atoms with Crippen molar-refractivity contribution in [2.24, 2.45) is 4.99 Å². The number of benzene rings is 2. The van der Waals surface area contributed by atoms with Gasteiger partial charge in [-0.1, -0.05) is 31.2 Å². The highest BCUT2D eigenvalue weighted by Crippen LogP contribution is 2.36. The quantitative estimate of drug-likeness (QED) is 0.611. The summed E-state index contributed by atoms with van der Waals surface area (Å²) in [6, 6.07) is 15.3. The Morgan fingerprint density at radius 1 is 1.11 bits per heavy atom. The molecule has 0 saturated carbocycles. The second-order valence-electron chi connectivity index (χ2n) is 6.14. The van der Waals surface area contributed by atoms with Crippen molar-refractivity contribution < 1.29 is 14.3 Å². The Bertz CT molecular complexity index is 894. The maximum absolute atomic E-state index is 12.9. The number of ether oxygens (including phenoxy) is 2. The van der Waals surface area contributed by atoms with Crippen LogP contribution in [0.2, 0.25) is 0 Å². The molecule has 2 aromatic carbocycles. The molecule has 0 aliphatic carbocycles. The summed E-state index contributed by atoms with van der Waals surface area (Å²) in [6.07, 6.45) is 2.75. The highest BCUT2D eigenvalue weighted by molar-refractivity contribution is 8.18. The summed E-state index contributed by atoms with van der Waals surface area (Å²) in [6.45, 7) is 5.16. The smallest absolute Gasteiger partial charge is 0.266 e. The largest absolute Gasteiger partial charge is 0.493 e. The number of methoxy groups -OCH3 is 1. The number of nitrogens with zero attached hydrogens (tertiary/aromatic N) is 2. The van der Waals surface area contributed by atoms with Crippen LogP contribution in [0.4, 0.5) is 5.69 Å². The maximum atomic E-state index is 12.9. The average Bonchev–Trinajstić information content (AvgIpc) is 2.98. The highest BCUT2D eigenvalue weighted by atomic mass is 32.2. The van der Waals surface area contributed by atoms with Crippen LogP contribution in [0.25, 0.3) is 6.08 Å². The summed E-state index contributed by atoms with van der Waals surface area (Å²) in [4.78, 5) is 20.0. The third kappa shape index (κ3) is 4.57. The predicted molar refractivity (Wildman–Crippen MR) is 115 cm³/mol. The van der Waals surface area contributed by atoms with Crippen molar-refractivity contribution in [3.05, 3.63) is 59.0 Å². The van der Waals surface area contributed by atoms with Crippen LogP contribution >= 0.6 is 11.8 Å². The van der Waals surface area contributed by atoms with E-state index in [9.17, 15) is 4.79 Å². The minimum absolute atomic E-state index is 0.0182. The van der Waals surface area contributed by atoms with Crippen LogP contribution in [0.3, 0.4) is 0 Å². The molecular formula is C22H24N2O3S. The topological polar surface area (TPSA) is 51.1 Å². The highest BCUT2D eigenvalue weighted by Gasteiger charge is 2.32. The van der Waals surface area contributed by atoms with Crippen LogP contribution in [-0.2, 0) is 4.79 Å². The Kier molecular flexibility index (Phi) is 6.76. The Balaban J connectivity index is 1.93. The second-order valence-corrected chi connectivity index (χ2v) is 7.15. The van der Waals surface area contributed by atoms with Crippen molar-refractivity contribution in [3.8, 4) is 11.5 Å². The number of thioether (sulfide) groups is 1. The van der Waals surface area contributed by atoms with E-state index in [1.54, 1.807) is 12.0 Å². The minimum atomic E-state index is -0.0182. The van der Waals surface area contributed by atoms with Crippen LogP contribution in [0.1, 0.15) is 25.8 Å². The molecule has 1 aliphatic rings. The summed E-state index contributed by atoms with van der Waals surface area (Å²) in [7, 11) is 1.61. The van der Waals surface area contributed by atoms with Crippen molar-refractivity contribution in [1.82, 2.24) is 4.90 Å². The van der Waals surface area contributed by atoms with Gasteiger partial charge in [0.05, 0.1) is 24.3 Å². The molecule has 1 fully saturated rings. The van der Waals surface area contributed by atoms with Gasteiger partial charge in [0.2, 0.25) is 0 Å². The lowest BCUT2D eigenvalue weighted by Crippen LogP contribution is -2.29. The van der Waals surface area contributed by atoms with E-state index >= 15 is 0 Å². The molecule has 1 heterocycles. The molecule has 5 nitrogen and oxygen atoms in total. The van der Waals surface area contributed by atoms with E-state index in [0.29, 0.717) is 34.7 Å². The number of para-hydroxylation sites is 1. The second kappa shape index (κ2) is 9.46. The Labute approximate surface area is 170 Å². The molecule has 0 atom stereocenters. The zero-order chi connectivity index (χ0) is 19.9. The zero-order valence-electron chi connectivity index (χ0n) is 16.3. The van der Waals surface area contributed by atoms with Crippen molar-refractivity contribution in [2.75, 3.05) is 20.3 Å². The van der Waals surface area contributed by atoms with E-state index in [-0.39, 0.29) is 5.91 Å². The molecule has 2 aromatic rings. The van der Waals surface area contributed by atoms with Crippen LogP contribution in [0.15, 0.2) is 58.4 Å². The van der Waals surface area contributed by atoms with Gasteiger partial charge in [-0.15, -0.1) is 0 Å². The first-order valence-corrected chi connectivity index (χ1v) is 10.1. The first kappa shape index (κ1) is 20.0. The van der Waals surface area contributed by atoms with E-state index < -0.39 is 0 Å². The van der Waals surface area contributed by atoms with Crippen molar-refractivity contribution in [3.63, 3.8) is 0 Å². The van der Waals surface area contributed by atoms with Gasteiger partial charge in [-0.2, -0.15) is 0 Å². The first-order valence-electron chi connectivity index (χ1n) is 9.32. The molecule has 0 aromatic heterocycles. The summed E-state index contributed by atoms with van der Waals surface area (Å²) in [5.41, 5.74) is 1.72. The van der Waals surface area contributed by atoms with E-state index in [2.05, 4.69) is 11.9 Å². The van der Waals surface area contributed by atoms with E-state index in [0.717, 1.165) is 17.7 Å². The number of rotatable bonds is 7. The first-order chi connectivity index (χ1) is 13.7. The van der Waals surface area contributed by atoms with Gasteiger partial charge in [0, 0.05) is 6.54 Å². The molecule has 28 heavy (non-hydrogen) atoms. The average molecular weight is 397 g/mol. The summed E-state index contributed by atoms with van der Waals surface area (Å²) in [5, 5.41) is 0.711. The molecule has 0 radical (unpaired) electrons. The molecule has 0 spiro atoms. The summed E-state index contributed by atoms with van der Waals surface area (Å²) >= 11 is 1.40. The summed E-state index contributed by atoms with van der Waals surface area (Å²) in [5.74, 6) is 1.32. The molecule has 146 valence electrons. The van der Waals surface area contributed by atoms with Gasteiger partial charge in [-0.05, 0) is 61.0 Å². The normalized spacial score (nSPS) is 16.8. The summed E-state index contributed by atoms with van der Waals surface area (Å²) < 4.78 is 11.0. The third-order valence-electron chi connectivity index (χ3n) is 4.10. The molecular weight excluding hydrogens is 372 g/mol. The fourth-order valence-corrected chi connectivity index (χ4v) is 3.85. The van der Waals surface area contributed by atoms with Gasteiger partial charge in [0.25, 0.3) is 5.91 Å². The van der Waals surface area contributed by atoms with Gasteiger partial charge in [-0.25, -0.2) is 4.99 Å². The molecule has 1 amide bonds. The van der Waals surface area contributed by atoms with Crippen LogP contribution in [-0.4, -0.2) is 36.2 Å². The van der Waals surface area contributed by atoms with E-state index in [1.807, 2.05) is 61.5 Å². The third-order valence-corrected chi connectivity index (χ3v) is 5.11. The van der Waals surface area contributed by atoms with Crippen LogP contribution in [0, 0.1) is 0 Å². The van der Waals surface area contributed by atoms with Gasteiger partial charge < -0.3 is 9.47 Å². The lowest BCUT2D eigenvalue weighted by molar-refractivity contribution is -0.122. The van der Waals surface area contributed by atoms with Crippen molar-refractivity contribution in [1.29, 1.82) is 0 Å².